The van der Waals surface area contributed by atoms with Crippen LogP contribution in [0.1, 0.15) is 101 Å². The van der Waals surface area contributed by atoms with Crippen LogP contribution in [0.3, 0.4) is 0 Å². The third kappa shape index (κ3) is 4.26. The smallest absolute Gasteiger partial charge is 0.312 e. The van der Waals surface area contributed by atoms with Gasteiger partial charge in [-0.2, -0.15) is 0 Å². The summed E-state index contributed by atoms with van der Waals surface area (Å²) in [6.45, 7) is 18.3. The topological polar surface area (TPSA) is 26.3 Å². The highest BCUT2D eigenvalue weighted by Gasteiger charge is 2.56. The Morgan fingerprint density at radius 3 is 1.82 bits per heavy atom. The molecule has 0 unspecified atom stereocenters. The standard InChI is InChI=1S/C16H28O2.2C2H6/c1-6-14(2,3)13(17)18-15(4,5)16-9-7-12(11-16)8-10-16;2*1-2/h12H,6-11H2,1-5H3;2*1-2H3. The molecule has 2 fully saturated rings. The van der Waals surface area contributed by atoms with Crippen molar-refractivity contribution in [1.29, 1.82) is 0 Å². The van der Waals surface area contributed by atoms with Gasteiger partial charge in [0.25, 0.3) is 0 Å². The van der Waals surface area contributed by atoms with Crippen molar-refractivity contribution < 1.29 is 9.53 Å². The first-order valence-corrected chi connectivity index (χ1v) is 9.46. The molecule has 0 aliphatic heterocycles. The number of hydrogen-bond acceptors (Lipinski definition) is 2. The highest BCUT2D eigenvalue weighted by molar-refractivity contribution is 5.76. The monoisotopic (exact) mass is 312 g/mol. The first-order chi connectivity index (χ1) is 10.2. The van der Waals surface area contributed by atoms with E-state index in [4.69, 9.17) is 4.74 Å². The van der Waals surface area contributed by atoms with Gasteiger partial charge in [0.1, 0.15) is 5.60 Å². The molecule has 2 heteroatoms. The van der Waals surface area contributed by atoms with E-state index in [-0.39, 0.29) is 22.4 Å². The van der Waals surface area contributed by atoms with Crippen molar-refractivity contribution in [2.24, 2.45) is 16.7 Å². The maximum absolute atomic E-state index is 12.3. The van der Waals surface area contributed by atoms with E-state index in [2.05, 4.69) is 13.8 Å². The van der Waals surface area contributed by atoms with E-state index in [1.54, 1.807) is 0 Å². The number of fused-ring (bicyclic) bond motifs is 2. The first-order valence-electron chi connectivity index (χ1n) is 9.46. The lowest BCUT2D eigenvalue weighted by Gasteiger charge is -2.43. The van der Waals surface area contributed by atoms with Crippen LogP contribution < -0.4 is 0 Å². The van der Waals surface area contributed by atoms with Crippen molar-refractivity contribution in [3.8, 4) is 0 Å². The molecule has 0 aromatic carbocycles. The number of hydrogen-bond donors (Lipinski definition) is 0. The molecule has 22 heavy (non-hydrogen) atoms. The molecular weight excluding hydrogens is 272 g/mol. The van der Waals surface area contributed by atoms with E-state index < -0.39 is 0 Å². The van der Waals surface area contributed by atoms with Crippen molar-refractivity contribution in [3.63, 3.8) is 0 Å². The van der Waals surface area contributed by atoms with Gasteiger partial charge in [0.05, 0.1) is 5.41 Å². The van der Waals surface area contributed by atoms with Crippen LogP contribution in [0.5, 0.6) is 0 Å². The van der Waals surface area contributed by atoms with Gasteiger partial charge in [0, 0.05) is 5.41 Å². The fraction of sp³-hybridized carbons (Fsp3) is 0.950. The van der Waals surface area contributed by atoms with E-state index in [9.17, 15) is 4.79 Å². The lowest BCUT2D eigenvalue weighted by Crippen LogP contribution is -2.46. The molecule has 2 aliphatic rings. The predicted molar refractivity (Wildman–Crippen MR) is 95.9 cm³/mol. The quantitative estimate of drug-likeness (QED) is 0.563. The zero-order valence-electron chi connectivity index (χ0n) is 16.6. The predicted octanol–water partition coefficient (Wildman–Crippen LogP) is 6.38. The number of esters is 1. The first kappa shape index (κ1) is 21.5. The largest absolute Gasteiger partial charge is 0.459 e. The lowest BCUT2D eigenvalue weighted by atomic mass is 9.71. The molecular formula is C20H40O2. The Kier molecular flexibility index (Phi) is 8.16. The minimum absolute atomic E-state index is 0.0280. The van der Waals surface area contributed by atoms with Crippen molar-refractivity contribution >= 4 is 5.97 Å². The summed E-state index contributed by atoms with van der Waals surface area (Å²) in [5.74, 6) is 0.863. The van der Waals surface area contributed by atoms with E-state index in [0.29, 0.717) is 0 Å². The van der Waals surface area contributed by atoms with Gasteiger partial charge in [-0.25, -0.2) is 0 Å². The molecule has 2 rings (SSSR count). The molecule has 0 spiro atoms. The molecule has 0 aromatic rings. The normalized spacial score (nSPS) is 26.5. The SMILES string of the molecule is CC.CC.CCC(C)(C)C(=O)OC(C)(C)C12CCC(CC1)C2. The molecule has 0 radical (unpaired) electrons. The fourth-order valence-corrected chi connectivity index (χ4v) is 3.66. The van der Waals surface area contributed by atoms with Crippen LogP contribution in [0.15, 0.2) is 0 Å². The molecule has 0 N–H and O–H groups in total. The number of carbonyl (C=O) groups excluding carboxylic acids is 1. The average Bonchev–Trinajstić information content (AvgIpc) is 3.13. The number of rotatable bonds is 4. The van der Waals surface area contributed by atoms with Gasteiger partial charge >= 0.3 is 5.97 Å². The zero-order chi connectivity index (χ0) is 17.6. The maximum atomic E-state index is 12.3. The summed E-state index contributed by atoms with van der Waals surface area (Å²) >= 11 is 0. The van der Waals surface area contributed by atoms with Gasteiger partial charge in [0.15, 0.2) is 0 Å². The van der Waals surface area contributed by atoms with Crippen molar-refractivity contribution in [1.82, 2.24) is 0 Å². The summed E-state index contributed by atoms with van der Waals surface area (Å²) in [7, 11) is 0. The second kappa shape index (κ2) is 8.36. The summed E-state index contributed by atoms with van der Waals surface area (Å²) in [6.07, 6.45) is 7.24. The van der Waals surface area contributed by atoms with Crippen LogP contribution in [0.25, 0.3) is 0 Å². The zero-order valence-corrected chi connectivity index (χ0v) is 16.6. The highest BCUT2D eigenvalue weighted by atomic mass is 16.6. The lowest BCUT2D eigenvalue weighted by molar-refractivity contribution is -0.181. The molecule has 0 heterocycles. The minimum atomic E-state index is -0.357. The number of ether oxygens (including phenoxy) is 1. The Balaban J connectivity index is 0.00000102. The Labute approximate surface area is 139 Å². The highest BCUT2D eigenvalue weighted by Crippen LogP contribution is 2.60. The molecule has 2 bridgehead atoms. The molecule has 0 aromatic heterocycles. The second-order valence-corrected chi connectivity index (χ2v) is 7.57. The minimum Gasteiger partial charge on any atom is -0.459 e. The van der Waals surface area contributed by atoms with Crippen LogP contribution in [-0.2, 0) is 9.53 Å². The third-order valence-corrected chi connectivity index (χ3v) is 5.80. The molecule has 2 aliphatic carbocycles. The summed E-state index contributed by atoms with van der Waals surface area (Å²) in [5.41, 5.74) is -0.399. The summed E-state index contributed by atoms with van der Waals surface area (Å²) in [4.78, 5) is 12.3. The van der Waals surface area contributed by atoms with Crippen molar-refractivity contribution in [2.75, 3.05) is 0 Å². The summed E-state index contributed by atoms with van der Waals surface area (Å²) < 4.78 is 5.96. The Hall–Kier alpha value is -0.530. The molecule has 0 saturated heterocycles. The average molecular weight is 313 g/mol. The van der Waals surface area contributed by atoms with Gasteiger partial charge in [-0.15, -0.1) is 0 Å². The molecule has 2 nitrogen and oxygen atoms in total. The maximum Gasteiger partial charge on any atom is 0.312 e. The van der Waals surface area contributed by atoms with Crippen molar-refractivity contribution in [2.45, 2.75) is 106 Å². The van der Waals surface area contributed by atoms with Crippen molar-refractivity contribution in [3.05, 3.63) is 0 Å². The Bertz CT molecular complexity index is 334. The molecule has 2 saturated carbocycles. The fourth-order valence-electron chi connectivity index (χ4n) is 3.66. The number of carbonyl (C=O) groups is 1. The van der Waals surface area contributed by atoms with E-state index >= 15 is 0 Å². The second-order valence-electron chi connectivity index (χ2n) is 7.57. The molecule has 0 amide bonds. The van der Waals surface area contributed by atoms with Crippen LogP contribution >= 0.6 is 0 Å². The molecule has 132 valence electrons. The Morgan fingerprint density at radius 1 is 1.05 bits per heavy atom. The summed E-state index contributed by atoms with van der Waals surface area (Å²) in [6, 6.07) is 0. The summed E-state index contributed by atoms with van der Waals surface area (Å²) in [5, 5.41) is 0. The van der Waals surface area contributed by atoms with Crippen LogP contribution in [-0.4, -0.2) is 11.6 Å². The van der Waals surface area contributed by atoms with Crippen LogP contribution in [0.2, 0.25) is 0 Å². The van der Waals surface area contributed by atoms with E-state index in [0.717, 1.165) is 12.3 Å². The molecule has 0 atom stereocenters. The van der Waals surface area contributed by atoms with Gasteiger partial charge in [-0.3, -0.25) is 4.79 Å². The van der Waals surface area contributed by atoms with Gasteiger partial charge < -0.3 is 4.74 Å². The van der Waals surface area contributed by atoms with E-state index in [1.807, 2.05) is 48.5 Å². The van der Waals surface area contributed by atoms with Crippen LogP contribution in [0, 0.1) is 16.7 Å². The van der Waals surface area contributed by atoms with Gasteiger partial charge in [0.2, 0.25) is 0 Å². The van der Waals surface area contributed by atoms with E-state index in [1.165, 1.54) is 32.1 Å². The van der Waals surface area contributed by atoms with Gasteiger partial charge in [-0.05, 0) is 72.1 Å². The van der Waals surface area contributed by atoms with Gasteiger partial charge in [-0.1, -0.05) is 34.6 Å². The Morgan fingerprint density at radius 2 is 1.50 bits per heavy atom. The van der Waals surface area contributed by atoms with Crippen LogP contribution in [0.4, 0.5) is 0 Å². The third-order valence-electron chi connectivity index (χ3n) is 5.80.